The molecule has 0 aliphatic rings. The normalized spacial score (nSPS) is 13.2. The van der Waals surface area contributed by atoms with Gasteiger partial charge in [-0.05, 0) is 37.9 Å². The zero-order valence-electron chi connectivity index (χ0n) is 10.1. The topological polar surface area (TPSA) is 79.9 Å². The van der Waals surface area contributed by atoms with Crippen molar-refractivity contribution in [3.63, 3.8) is 0 Å². The summed E-state index contributed by atoms with van der Waals surface area (Å²) >= 11 is 6.86. The molecule has 1 aromatic carbocycles. The van der Waals surface area contributed by atoms with Gasteiger partial charge in [-0.2, -0.15) is 0 Å². The number of ether oxygens (including phenoxy) is 1. The summed E-state index contributed by atoms with van der Waals surface area (Å²) in [7, 11) is 1.61. The Bertz CT molecular complexity index is 452. The van der Waals surface area contributed by atoms with E-state index < -0.39 is 0 Å². The Morgan fingerprint density at radius 2 is 2.17 bits per heavy atom. The van der Waals surface area contributed by atoms with Crippen molar-refractivity contribution in [2.45, 2.75) is 6.92 Å². The van der Waals surface area contributed by atoms with E-state index in [0.29, 0.717) is 6.54 Å². The Morgan fingerprint density at radius 3 is 2.72 bits per heavy atom. The first kappa shape index (κ1) is 15.1. The van der Waals surface area contributed by atoms with Crippen LogP contribution in [0.3, 0.4) is 0 Å². The van der Waals surface area contributed by atoms with Gasteiger partial charge in [-0.1, -0.05) is 12.1 Å². The summed E-state index contributed by atoms with van der Waals surface area (Å²) in [6.45, 7) is 2.42. The SMILES string of the molecule is COc1cc(NCC(C)/C(N)=N/O)c(Br)cc1Br. The van der Waals surface area contributed by atoms with Gasteiger partial charge in [0.2, 0.25) is 0 Å². The number of hydrogen-bond donors (Lipinski definition) is 3. The second-order valence-corrected chi connectivity index (χ2v) is 5.48. The Kier molecular flexibility index (Phi) is 5.74. The molecule has 0 saturated carbocycles. The highest BCUT2D eigenvalue weighted by Crippen LogP contribution is 2.34. The van der Waals surface area contributed by atoms with Crippen LogP contribution < -0.4 is 15.8 Å². The van der Waals surface area contributed by atoms with Gasteiger partial charge in [0.05, 0.1) is 17.3 Å². The predicted octanol–water partition coefficient (Wildman–Crippen LogP) is 3.01. The number of nitrogens with two attached hydrogens (primary N) is 1. The summed E-state index contributed by atoms with van der Waals surface area (Å²) in [5.41, 5.74) is 6.40. The number of amidine groups is 1. The van der Waals surface area contributed by atoms with E-state index in [9.17, 15) is 0 Å². The molecule has 0 radical (unpaired) electrons. The van der Waals surface area contributed by atoms with Gasteiger partial charge in [0.25, 0.3) is 0 Å². The maximum absolute atomic E-state index is 8.58. The second-order valence-electron chi connectivity index (χ2n) is 3.77. The molecule has 0 aliphatic heterocycles. The van der Waals surface area contributed by atoms with Crippen molar-refractivity contribution in [2.24, 2.45) is 16.8 Å². The number of halogens is 2. The number of benzene rings is 1. The monoisotopic (exact) mass is 379 g/mol. The van der Waals surface area contributed by atoms with Crippen LogP contribution in [0.15, 0.2) is 26.2 Å². The molecule has 0 aromatic heterocycles. The number of oxime groups is 1. The van der Waals surface area contributed by atoms with Gasteiger partial charge in [0.15, 0.2) is 0 Å². The van der Waals surface area contributed by atoms with Gasteiger partial charge >= 0.3 is 0 Å². The van der Waals surface area contributed by atoms with Crippen LogP contribution in [-0.2, 0) is 0 Å². The van der Waals surface area contributed by atoms with E-state index in [0.717, 1.165) is 20.4 Å². The van der Waals surface area contributed by atoms with Crippen molar-refractivity contribution in [3.8, 4) is 5.75 Å². The Hall–Kier alpha value is -0.950. The van der Waals surface area contributed by atoms with Gasteiger partial charge in [-0.3, -0.25) is 0 Å². The van der Waals surface area contributed by atoms with Crippen LogP contribution in [0.4, 0.5) is 5.69 Å². The average molecular weight is 381 g/mol. The zero-order valence-corrected chi connectivity index (χ0v) is 13.2. The number of nitrogens with one attached hydrogen (secondary N) is 1. The quantitative estimate of drug-likeness (QED) is 0.317. The lowest BCUT2D eigenvalue weighted by Gasteiger charge is -2.15. The molecule has 0 fully saturated rings. The van der Waals surface area contributed by atoms with Crippen LogP contribution in [0.1, 0.15) is 6.92 Å². The Morgan fingerprint density at radius 1 is 1.50 bits per heavy atom. The fourth-order valence-electron chi connectivity index (χ4n) is 1.29. The van der Waals surface area contributed by atoms with E-state index in [-0.39, 0.29) is 11.8 Å². The highest BCUT2D eigenvalue weighted by molar-refractivity contribution is 9.11. The average Bonchev–Trinajstić information content (AvgIpc) is 2.36. The third-order valence-electron chi connectivity index (χ3n) is 2.46. The summed E-state index contributed by atoms with van der Waals surface area (Å²) in [5.74, 6) is 0.858. The van der Waals surface area contributed by atoms with E-state index >= 15 is 0 Å². The van der Waals surface area contributed by atoms with Gasteiger partial charge in [0.1, 0.15) is 11.6 Å². The van der Waals surface area contributed by atoms with Gasteiger partial charge in [-0.25, -0.2) is 0 Å². The zero-order chi connectivity index (χ0) is 13.7. The summed E-state index contributed by atoms with van der Waals surface area (Å²) in [6.07, 6.45) is 0. The van der Waals surface area contributed by atoms with Crippen molar-refractivity contribution in [1.82, 2.24) is 0 Å². The lowest BCUT2D eigenvalue weighted by atomic mass is 10.1. The lowest BCUT2D eigenvalue weighted by molar-refractivity contribution is 0.315. The maximum Gasteiger partial charge on any atom is 0.143 e. The Labute approximate surface area is 123 Å². The molecule has 0 aliphatic carbocycles. The second kappa shape index (κ2) is 6.84. The third kappa shape index (κ3) is 3.78. The molecule has 1 unspecified atom stereocenters. The molecule has 0 spiro atoms. The molecule has 100 valence electrons. The van der Waals surface area contributed by atoms with Gasteiger partial charge < -0.3 is 21.0 Å². The number of nitrogens with zero attached hydrogens (tertiary/aromatic N) is 1. The largest absolute Gasteiger partial charge is 0.495 e. The molecule has 1 atom stereocenters. The van der Waals surface area contributed by atoms with Crippen molar-refractivity contribution in [1.29, 1.82) is 0 Å². The van der Waals surface area contributed by atoms with E-state index in [1.54, 1.807) is 7.11 Å². The van der Waals surface area contributed by atoms with E-state index in [4.69, 9.17) is 15.7 Å². The fourth-order valence-corrected chi connectivity index (χ4v) is 2.58. The molecule has 0 bridgehead atoms. The molecule has 0 heterocycles. The maximum atomic E-state index is 8.58. The first-order valence-corrected chi connectivity index (χ1v) is 6.82. The number of anilines is 1. The molecular weight excluding hydrogens is 366 g/mol. The van der Waals surface area contributed by atoms with Gasteiger partial charge in [0, 0.05) is 23.0 Å². The fraction of sp³-hybridized carbons (Fsp3) is 0.364. The van der Waals surface area contributed by atoms with Gasteiger partial charge in [-0.15, -0.1) is 0 Å². The molecule has 1 rings (SSSR count). The minimum Gasteiger partial charge on any atom is -0.495 e. The minimum atomic E-state index is -0.0726. The van der Waals surface area contributed by atoms with Crippen molar-refractivity contribution < 1.29 is 9.94 Å². The third-order valence-corrected chi connectivity index (χ3v) is 3.74. The molecule has 7 heteroatoms. The van der Waals surface area contributed by atoms with Crippen LogP contribution in [-0.4, -0.2) is 24.7 Å². The van der Waals surface area contributed by atoms with Crippen molar-refractivity contribution in [2.75, 3.05) is 19.0 Å². The molecule has 4 N–H and O–H groups in total. The molecule has 0 amide bonds. The smallest absolute Gasteiger partial charge is 0.143 e. The summed E-state index contributed by atoms with van der Waals surface area (Å²) < 4.78 is 6.99. The first-order chi connectivity index (χ1) is 8.49. The van der Waals surface area contributed by atoms with E-state index in [1.165, 1.54) is 0 Å². The van der Waals surface area contributed by atoms with Crippen molar-refractivity contribution >= 4 is 43.4 Å². The molecule has 1 aromatic rings. The summed E-state index contributed by atoms with van der Waals surface area (Å²) in [4.78, 5) is 0. The minimum absolute atomic E-state index is 0.0726. The Balaban J connectivity index is 2.79. The van der Waals surface area contributed by atoms with E-state index in [2.05, 4.69) is 42.3 Å². The summed E-state index contributed by atoms with van der Waals surface area (Å²) in [5, 5.41) is 14.8. The van der Waals surface area contributed by atoms with Crippen LogP contribution in [0.5, 0.6) is 5.75 Å². The van der Waals surface area contributed by atoms with Crippen LogP contribution in [0.2, 0.25) is 0 Å². The van der Waals surface area contributed by atoms with Crippen LogP contribution in [0, 0.1) is 5.92 Å². The molecule has 5 nitrogen and oxygen atoms in total. The number of rotatable bonds is 5. The molecule has 0 saturated heterocycles. The lowest BCUT2D eigenvalue weighted by Crippen LogP contribution is -2.27. The standard InChI is InChI=1S/C11H15Br2N3O2/c1-6(11(14)16-17)5-15-9-4-10(18-2)8(13)3-7(9)12/h3-4,6,15,17H,5H2,1-2H3,(H2,14,16). The van der Waals surface area contributed by atoms with Crippen LogP contribution in [0.25, 0.3) is 0 Å². The van der Waals surface area contributed by atoms with Crippen molar-refractivity contribution in [3.05, 3.63) is 21.1 Å². The van der Waals surface area contributed by atoms with Crippen LogP contribution >= 0.6 is 31.9 Å². The highest BCUT2D eigenvalue weighted by Gasteiger charge is 2.10. The summed E-state index contributed by atoms with van der Waals surface area (Å²) in [6, 6.07) is 3.77. The van der Waals surface area contributed by atoms with E-state index in [1.807, 2.05) is 19.1 Å². The highest BCUT2D eigenvalue weighted by atomic mass is 79.9. The molecule has 18 heavy (non-hydrogen) atoms. The predicted molar refractivity (Wildman–Crippen MR) is 79.5 cm³/mol. The first-order valence-electron chi connectivity index (χ1n) is 5.24. The number of hydrogen-bond acceptors (Lipinski definition) is 4. The number of methoxy groups -OCH3 is 1. The molecular formula is C11H15Br2N3O2.